The molecule has 0 spiro atoms. The van der Waals surface area contributed by atoms with Crippen LogP contribution in [0.1, 0.15) is 11.3 Å². The number of nitrogen functional groups attached to an aromatic ring is 1. The van der Waals surface area contributed by atoms with Crippen molar-refractivity contribution in [2.24, 2.45) is 0 Å². The Morgan fingerprint density at radius 3 is 2.81 bits per heavy atom. The summed E-state index contributed by atoms with van der Waals surface area (Å²) in [6.45, 7) is 0. The first-order chi connectivity index (χ1) is 7.79. The summed E-state index contributed by atoms with van der Waals surface area (Å²) in [7, 11) is 1.67. The van der Waals surface area contributed by atoms with E-state index < -0.39 is 0 Å². The summed E-state index contributed by atoms with van der Waals surface area (Å²) in [4.78, 5) is 0. The van der Waals surface area contributed by atoms with Crippen molar-refractivity contribution in [3.05, 3.63) is 41.6 Å². The van der Waals surface area contributed by atoms with E-state index in [0.29, 0.717) is 5.88 Å². The van der Waals surface area contributed by atoms with E-state index in [1.807, 2.05) is 24.3 Å². The molecule has 2 rings (SSSR count). The fourth-order valence-corrected chi connectivity index (χ4v) is 1.62. The fraction of sp³-hybridized carbons (Fsp3) is 0.250. The molecule has 1 aromatic heterocycles. The number of methoxy groups -OCH3 is 1. The van der Waals surface area contributed by atoms with E-state index in [9.17, 15) is 0 Å². The van der Waals surface area contributed by atoms with E-state index in [2.05, 4.69) is 5.16 Å². The van der Waals surface area contributed by atoms with Gasteiger partial charge in [0.1, 0.15) is 5.75 Å². The van der Waals surface area contributed by atoms with Crippen molar-refractivity contribution in [1.29, 1.82) is 0 Å². The van der Waals surface area contributed by atoms with Crippen molar-refractivity contribution in [3.63, 3.8) is 0 Å². The van der Waals surface area contributed by atoms with Crippen molar-refractivity contribution in [1.82, 2.24) is 5.16 Å². The lowest BCUT2D eigenvalue weighted by Crippen LogP contribution is -1.95. The summed E-state index contributed by atoms with van der Waals surface area (Å²) in [6, 6.07) is 9.69. The van der Waals surface area contributed by atoms with E-state index in [1.165, 1.54) is 0 Å². The molecule has 16 heavy (non-hydrogen) atoms. The Balaban J connectivity index is 2.04. The number of rotatable bonds is 4. The maximum Gasteiger partial charge on any atom is 0.222 e. The zero-order valence-corrected chi connectivity index (χ0v) is 9.14. The van der Waals surface area contributed by atoms with Crippen LogP contribution >= 0.6 is 0 Å². The van der Waals surface area contributed by atoms with Crippen molar-refractivity contribution < 1.29 is 9.26 Å². The lowest BCUT2D eigenvalue weighted by Gasteiger charge is -2.06. The highest BCUT2D eigenvalue weighted by molar-refractivity contribution is 5.34. The molecule has 4 nitrogen and oxygen atoms in total. The highest BCUT2D eigenvalue weighted by Gasteiger charge is 2.05. The molecule has 0 fully saturated rings. The standard InChI is InChI=1S/C12H14N2O2/c1-15-11-5-3-2-4-9(11)6-7-10-8-12(13)16-14-10/h2-5,8H,6-7,13H2,1H3. The minimum Gasteiger partial charge on any atom is -0.496 e. The quantitative estimate of drug-likeness (QED) is 0.853. The van der Waals surface area contributed by atoms with Gasteiger partial charge in [0.2, 0.25) is 5.88 Å². The van der Waals surface area contributed by atoms with E-state index in [4.69, 9.17) is 15.0 Å². The Labute approximate surface area is 94.0 Å². The summed E-state index contributed by atoms with van der Waals surface area (Å²) >= 11 is 0. The van der Waals surface area contributed by atoms with Crippen molar-refractivity contribution in [2.45, 2.75) is 12.8 Å². The van der Waals surface area contributed by atoms with Gasteiger partial charge in [-0.2, -0.15) is 0 Å². The maximum absolute atomic E-state index is 5.45. The molecule has 4 heteroatoms. The van der Waals surface area contributed by atoms with Gasteiger partial charge < -0.3 is 15.0 Å². The Hall–Kier alpha value is -1.97. The van der Waals surface area contributed by atoms with Gasteiger partial charge in [-0.1, -0.05) is 23.4 Å². The zero-order valence-electron chi connectivity index (χ0n) is 9.14. The fourth-order valence-electron chi connectivity index (χ4n) is 1.62. The van der Waals surface area contributed by atoms with Crippen LogP contribution < -0.4 is 10.5 Å². The maximum atomic E-state index is 5.45. The Bertz CT molecular complexity index is 466. The molecule has 0 aliphatic carbocycles. The predicted molar refractivity (Wildman–Crippen MR) is 61.3 cm³/mol. The van der Waals surface area contributed by atoms with Crippen LogP contribution in [0.2, 0.25) is 0 Å². The van der Waals surface area contributed by atoms with E-state index in [1.54, 1.807) is 13.2 Å². The SMILES string of the molecule is COc1ccccc1CCc1cc(N)on1. The van der Waals surface area contributed by atoms with Gasteiger partial charge in [-0.15, -0.1) is 0 Å². The van der Waals surface area contributed by atoms with Crippen molar-refractivity contribution in [2.75, 3.05) is 12.8 Å². The molecule has 0 saturated heterocycles. The number of nitrogens with two attached hydrogens (primary N) is 1. The molecule has 2 aromatic rings. The van der Waals surface area contributed by atoms with Crippen LogP contribution in [0.4, 0.5) is 5.88 Å². The van der Waals surface area contributed by atoms with Crippen LogP contribution in [0.5, 0.6) is 5.75 Å². The molecule has 0 aliphatic heterocycles. The topological polar surface area (TPSA) is 61.3 Å². The number of ether oxygens (including phenoxy) is 1. The molecule has 1 aromatic carbocycles. The molecule has 84 valence electrons. The molecule has 0 amide bonds. The van der Waals surface area contributed by atoms with Crippen LogP contribution in [0.3, 0.4) is 0 Å². The molecule has 0 aliphatic rings. The second-order valence-electron chi connectivity index (χ2n) is 3.53. The average Bonchev–Trinajstić information content (AvgIpc) is 2.73. The molecule has 0 unspecified atom stereocenters. The summed E-state index contributed by atoms with van der Waals surface area (Å²) in [5.74, 6) is 1.26. The Morgan fingerprint density at radius 2 is 2.12 bits per heavy atom. The molecule has 0 bridgehead atoms. The van der Waals surface area contributed by atoms with Gasteiger partial charge in [0, 0.05) is 6.07 Å². The number of aromatic nitrogens is 1. The number of aryl methyl sites for hydroxylation is 2. The summed E-state index contributed by atoms with van der Waals surface area (Å²) < 4.78 is 10.1. The molecule has 0 radical (unpaired) electrons. The van der Waals surface area contributed by atoms with E-state index >= 15 is 0 Å². The molecule has 0 saturated carbocycles. The van der Waals surface area contributed by atoms with Crippen LogP contribution in [0.25, 0.3) is 0 Å². The van der Waals surface area contributed by atoms with Gasteiger partial charge in [-0.05, 0) is 24.5 Å². The van der Waals surface area contributed by atoms with E-state index in [0.717, 1.165) is 29.8 Å². The van der Waals surface area contributed by atoms with Crippen LogP contribution in [0, 0.1) is 0 Å². The second kappa shape index (κ2) is 4.70. The van der Waals surface area contributed by atoms with Gasteiger partial charge in [-0.3, -0.25) is 0 Å². The van der Waals surface area contributed by atoms with Crippen molar-refractivity contribution >= 4 is 5.88 Å². The monoisotopic (exact) mass is 218 g/mol. The predicted octanol–water partition coefficient (Wildman–Crippen LogP) is 2.05. The van der Waals surface area contributed by atoms with Gasteiger partial charge in [0.05, 0.1) is 12.8 Å². The number of para-hydroxylation sites is 1. The lowest BCUT2D eigenvalue weighted by atomic mass is 10.1. The third-order valence-corrected chi connectivity index (χ3v) is 2.42. The summed E-state index contributed by atoms with van der Waals surface area (Å²) in [5, 5.41) is 3.85. The third kappa shape index (κ3) is 2.34. The number of anilines is 1. The summed E-state index contributed by atoms with van der Waals surface area (Å²) in [6.07, 6.45) is 1.65. The van der Waals surface area contributed by atoms with Crippen molar-refractivity contribution in [3.8, 4) is 5.75 Å². The second-order valence-corrected chi connectivity index (χ2v) is 3.53. The average molecular weight is 218 g/mol. The minimum absolute atomic E-state index is 0.357. The Morgan fingerprint density at radius 1 is 1.31 bits per heavy atom. The largest absolute Gasteiger partial charge is 0.496 e. The summed E-state index contributed by atoms with van der Waals surface area (Å²) in [5.41, 5.74) is 7.47. The zero-order chi connectivity index (χ0) is 11.4. The molecule has 2 N–H and O–H groups in total. The number of nitrogens with zero attached hydrogens (tertiary/aromatic N) is 1. The number of hydrogen-bond donors (Lipinski definition) is 1. The molecular weight excluding hydrogens is 204 g/mol. The van der Waals surface area contributed by atoms with Gasteiger partial charge >= 0.3 is 0 Å². The van der Waals surface area contributed by atoms with Crippen LogP contribution in [-0.2, 0) is 12.8 Å². The Kier molecular flexibility index (Phi) is 3.10. The smallest absolute Gasteiger partial charge is 0.222 e. The van der Waals surface area contributed by atoms with Gasteiger partial charge in [-0.25, -0.2) is 0 Å². The minimum atomic E-state index is 0.357. The third-order valence-electron chi connectivity index (χ3n) is 2.42. The normalized spacial score (nSPS) is 10.3. The first-order valence-corrected chi connectivity index (χ1v) is 5.12. The highest BCUT2D eigenvalue weighted by atomic mass is 16.5. The molecular formula is C12H14N2O2. The molecule has 0 atom stereocenters. The number of hydrogen-bond acceptors (Lipinski definition) is 4. The lowest BCUT2D eigenvalue weighted by molar-refractivity contribution is 0.408. The van der Waals surface area contributed by atoms with Gasteiger partial charge in [0.15, 0.2) is 0 Å². The van der Waals surface area contributed by atoms with Crippen LogP contribution in [-0.4, -0.2) is 12.3 Å². The highest BCUT2D eigenvalue weighted by Crippen LogP contribution is 2.19. The molecule has 1 heterocycles. The first kappa shape index (κ1) is 10.5. The van der Waals surface area contributed by atoms with Gasteiger partial charge in [0.25, 0.3) is 0 Å². The number of benzene rings is 1. The van der Waals surface area contributed by atoms with E-state index in [-0.39, 0.29) is 0 Å². The van der Waals surface area contributed by atoms with Crippen LogP contribution in [0.15, 0.2) is 34.9 Å². The first-order valence-electron chi connectivity index (χ1n) is 5.12.